The van der Waals surface area contributed by atoms with Gasteiger partial charge >= 0.3 is 0 Å². The lowest BCUT2D eigenvalue weighted by atomic mass is 9.85. The van der Waals surface area contributed by atoms with Crippen LogP contribution in [0.25, 0.3) is 38.6 Å². The Morgan fingerprint density at radius 1 is 0.552 bits per heavy atom. The monoisotopic (exact) mass is 835 g/mol. The molecule has 0 N–H and O–H groups in total. The SMILES string of the molecule is CCN(CC)P1(=S)c2cc(C)ccc2N2c3ccc(C)cc3P(C)(=S)c3cc(-c4ccc(-n5c6ccc(C(C)(C)C)cc6c6cc(C(C)(C)C)ccc65)cc4)cc1c32. The summed E-state index contributed by atoms with van der Waals surface area (Å²) < 4.78 is 5.02. The Hall–Kier alpha value is -3.82. The minimum absolute atomic E-state index is 0.0541. The van der Waals surface area contributed by atoms with Crippen molar-refractivity contribution < 1.29 is 0 Å². The maximum atomic E-state index is 7.15. The lowest BCUT2D eigenvalue weighted by Crippen LogP contribution is -2.45. The second-order valence-corrected chi connectivity index (χ2v) is 27.9. The van der Waals surface area contributed by atoms with Gasteiger partial charge in [-0.25, -0.2) is 0 Å². The first kappa shape index (κ1) is 39.6. The quantitative estimate of drug-likeness (QED) is 0.160. The molecule has 3 nitrogen and oxygen atoms in total. The Kier molecular flexibility index (Phi) is 9.29. The highest BCUT2D eigenvalue weighted by atomic mass is 32.4. The molecule has 9 rings (SSSR count). The van der Waals surface area contributed by atoms with E-state index in [0.717, 1.165) is 18.8 Å². The third-order valence-corrected chi connectivity index (χ3v) is 21.7. The van der Waals surface area contributed by atoms with E-state index >= 15 is 0 Å². The van der Waals surface area contributed by atoms with E-state index in [-0.39, 0.29) is 10.8 Å². The second kappa shape index (κ2) is 13.6. The van der Waals surface area contributed by atoms with Crippen molar-refractivity contribution in [2.45, 2.75) is 80.1 Å². The molecule has 1 aromatic heterocycles. The minimum atomic E-state index is -2.44. The predicted octanol–water partition coefficient (Wildman–Crippen LogP) is 12.5. The highest BCUT2D eigenvalue weighted by Gasteiger charge is 2.46. The number of nitrogens with zero attached hydrogens (tertiary/aromatic N) is 3. The van der Waals surface area contributed by atoms with E-state index in [2.05, 4.69) is 199 Å². The lowest BCUT2D eigenvalue weighted by Gasteiger charge is -2.48. The van der Waals surface area contributed by atoms with E-state index in [9.17, 15) is 0 Å². The number of hydrogen-bond donors (Lipinski definition) is 0. The molecule has 2 unspecified atom stereocenters. The molecule has 0 fully saturated rings. The first-order valence-corrected chi connectivity index (χ1v) is 26.7. The molecule has 2 atom stereocenters. The van der Waals surface area contributed by atoms with Gasteiger partial charge in [0.2, 0.25) is 0 Å². The molecule has 58 heavy (non-hydrogen) atoms. The van der Waals surface area contributed by atoms with Gasteiger partial charge < -0.3 is 9.47 Å². The van der Waals surface area contributed by atoms with Gasteiger partial charge in [0.25, 0.3) is 0 Å². The van der Waals surface area contributed by atoms with E-state index in [4.69, 9.17) is 23.6 Å². The number of anilines is 3. The van der Waals surface area contributed by atoms with Crippen molar-refractivity contribution in [1.29, 1.82) is 0 Å². The Morgan fingerprint density at radius 2 is 1.05 bits per heavy atom. The smallest absolute Gasteiger partial charge is 0.0751 e. The van der Waals surface area contributed by atoms with Crippen LogP contribution in [0.4, 0.5) is 17.1 Å². The van der Waals surface area contributed by atoms with Crippen molar-refractivity contribution in [3.63, 3.8) is 0 Å². The van der Waals surface area contributed by atoms with E-state index in [1.165, 1.54) is 93.5 Å². The number of hydrogen-bond acceptors (Lipinski definition) is 3. The summed E-state index contributed by atoms with van der Waals surface area (Å²) in [7, 11) is 0. The van der Waals surface area contributed by atoms with Crippen LogP contribution in [0, 0.1) is 13.8 Å². The summed E-state index contributed by atoms with van der Waals surface area (Å²) in [4.78, 5) is 2.52. The average Bonchev–Trinajstić information content (AvgIpc) is 3.51. The van der Waals surface area contributed by atoms with Crippen molar-refractivity contribution >= 4 is 95.9 Å². The molecule has 0 spiro atoms. The maximum Gasteiger partial charge on any atom is 0.0751 e. The topological polar surface area (TPSA) is 11.4 Å². The molecule has 2 aliphatic rings. The summed E-state index contributed by atoms with van der Waals surface area (Å²) >= 11 is 14.0. The summed E-state index contributed by atoms with van der Waals surface area (Å²) in [6.07, 6.45) is -2.44. The van der Waals surface area contributed by atoms with Crippen molar-refractivity contribution in [2.75, 3.05) is 24.7 Å². The standard InChI is InChI=1S/C51H55N3P2S2/c1-12-52(13-2)56(58)46-27-33(4)15-23-44(46)54-43-22-14-32(3)26-45(43)55(11,57)47-28-35(29-48(56)49(47)54)34-16-20-38(21-17-34)53-41-24-18-36(50(5,6)7)30-39(41)40-31-37(51(8,9)10)19-25-42(40)53/h14-31H,12-13H2,1-11H3. The van der Waals surface area contributed by atoms with Crippen LogP contribution < -0.4 is 26.1 Å². The van der Waals surface area contributed by atoms with Crippen molar-refractivity contribution in [3.05, 3.63) is 131 Å². The van der Waals surface area contributed by atoms with E-state index in [0.29, 0.717) is 0 Å². The summed E-state index contributed by atoms with van der Waals surface area (Å²) in [6, 6.07) is 39.9. The highest BCUT2D eigenvalue weighted by molar-refractivity contribution is 8.22. The van der Waals surface area contributed by atoms with Crippen LogP contribution in [0.5, 0.6) is 0 Å². The largest absolute Gasteiger partial charge is 0.309 e. The molecule has 0 amide bonds. The number of aryl methyl sites for hydroxylation is 2. The number of aromatic nitrogens is 1. The van der Waals surface area contributed by atoms with Crippen molar-refractivity contribution in [1.82, 2.24) is 9.24 Å². The van der Waals surface area contributed by atoms with Gasteiger partial charge in [0.05, 0.1) is 34.3 Å². The van der Waals surface area contributed by atoms with Gasteiger partial charge in [-0.05, 0) is 126 Å². The van der Waals surface area contributed by atoms with Crippen molar-refractivity contribution in [3.8, 4) is 16.8 Å². The van der Waals surface area contributed by atoms with Crippen LogP contribution in [0.15, 0.2) is 109 Å². The molecular formula is C51H55N3P2S2. The number of rotatable bonds is 5. The predicted molar refractivity (Wildman–Crippen MR) is 264 cm³/mol. The fourth-order valence-electron chi connectivity index (χ4n) is 9.38. The van der Waals surface area contributed by atoms with Crippen LogP contribution in [-0.4, -0.2) is 29.0 Å². The van der Waals surface area contributed by atoms with Gasteiger partial charge in [0.15, 0.2) is 0 Å². The summed E-state index contributed by atoms with van der Waals surface area (Å²) in [5.74, 6) is 0. The zero-order chi connectivity index (χ0) is 41.3. The Labute approximate surface area is 356 Å². The zero-order valence-electron chi connectivity index (χ0n) is 35.9. The fraction of sp³-hybridized carbons (Fsp3) is 0.294. The lowest BCUT2D eigenvalue weighted by molar-refractivity contribution is 0.513. The molecule has 0 bridgehead atoms. The normalized spacial score (nSPS) is 18.8. The van der Waals surface area contributed by atoms with E-state index in [1.54, 1.807) is 0 Å². The van der Waals surface area contributed by atoms with Gasteiger partial charge in [-0.3, -0.25) is 4.67 Å². The molecule has 7 heteroatoms. The number of benzene rings is 6. The van der Waals surface area contributed by atoms with E-state index in [1.807, 2.05) is 0 Å². The highest BCUT2D eigenvalue weighted by Crippen LogP contribution is 2.62. The molecular weight excluding hydrogens is 781 g/mol. The molecule has 296 valence electrons. The van der Waals surface area contributed by atoms with Gasteiger partial charge in [-0.15, -0.1) is 0 Å². The van der Waals surface area contributed by atoms with Gasteiger partial charge in [-0.1, -0.05) is 127 Å². The van der Waals surface area contributed by atoms with Crippen LogP contribution in [0.3, 0.4) is 0 Å². The maximum absolute atomic E-state index is 7.15. The molecule has 2 aliphatic heterocycles. The first-order chi connectivity index (χ1) is 27.4. The van der Waals surface area contributed by atoms with Crippen LogP contribution >= 0.6 is 12.2 Å². The Balaban J connectivity index is 1.27. The molecule has 0 saturated heterocycles. The molecule has 0 aliphatic carbocycles. The van der Waals surface area contributed by atoms with Crippen LogP contribution in [-0.2, 0) is 34.4 Å². The minimum Gasteiger partial charge on any atom is -0.309 e. The zero-order valence-corrected chi connectivity index (χ0v) is 39.3. The number of fused-ring (bicyclic) bond motifs is 7. The first-order valence-electron chi connectivity index (χ1n) is 20.7. The summed E-state index contributed by atoms with van der Waals surface area (Å²) in [5.41, 5.74) is 14.9. The molecule has 7 aromatic rings. The fourth-order valence-corrected chi connectivity index (χ4v) is 17.6. The molecule has 6 aromatic carbocycles. The van der Waals surface area contributed by atoms with E-state index < -0.39 is 12.2 Å². The van der Waals surface area contributed by atoms with Crippen LogP contribution in [0.1, 0.15) is 77.6 Å². The summed E-state index contributed by atoms with van der Waals surface area (Å²) in [5, 5.41) is 7.72. The Morgan fingerprint density at radius 3 is 1.57 bits per heavy atom. The van der Waals surface area contributed by atoms with Gasteiger partial charge in [-0.2, -0.15) is 0 Å². The summed E-state index contributed by atoms with van der Waals surface area (Å²) in [6.45, 7) is 26.8. The van der Waals surface area contributed by atoms with Gasteiger partial charge in [0.1, 0.15) is 0 Å². The Bertz CT molecular complexity index is 2870. The third-order valence-electron chi connectivity index (χ3n) is 12.7. The van der Waals surface area contributed by atoms with Crippen molar-refractivity contribution in [2.24, 2.45) is 0 Å². The molecule has 0 radical (unpaired) electrons. The second-order valence-electron chi connectivity index (χ2n) is 18.7. The van der Waals surface area contributed by atoms with Crippen LogP contribution in [0.2, 0.25) is 0 Å². The average molecular weight is 836 g/mol. The molecule has 0 saturated carbocycles. The molecule has 3 heterocycles. The van der Waals surface area contributed by atoms with Gasteiger partial charge in [0, 0.05) is 56.8 Å². The third kappa shape index (κ3) is 5.90.